The number of aromatic nitrogens is 1. The summed E-state index contributed by atoms with van der Waals surface area (Å²) in [4.78, 5) is 11.1. The zero-order chi connectivity index (χ0) is 22.0. The standard InChI is InChI=1S/C25H16Cl2N2O2/c26-22-10-5-16(11-23(22)27)14-29-15-20(21-3-1-2-4-24(21)29)12-19(13-28)17-6-8-18(9-7-17)25(30)31/h1-12,15H,14H2,(H,30,31)/b19-12-. The summed E-state index contributed by atoms with van der Waals surface area (Å²) < 4.78 is 2.10. The van der Waals surface area contributed by atoms with E-state index in [2.05, 4.69) is 10.6 Å². The van der Waals surface area contributed by atoms with Gasteiger partial charge in [-0.15, -0.1) is 0 Å². The van der Waals surface area contributed by atoms with Crippen molar-refractivity contribution in [2.75, 3.05) is 0 Å². The molecule has 0 aliphatic rings. The van der Waals surface area contributed by atoms with Gasteiger partial charge in [0.25, 0.3) is 0 Å². The molecule has 0 saturated carbocycles. The molecule has 0 aliphatic carbocycles. The van der Waals surface area contributed by atoms with E-state index in [4.69, 9.17) is 28.3 Å². The fourth-order valence-electron chi connectivity index (χ4n) is 3.48. The SMILES string of the molecule is N#C/C(=C/c1cn(Cc2ccc(Cl)c(Cl)c2)c2ccccc12)c1ccc(C(=O)O)cc1. The number of aromatic carboxylic acids is 1. The molecule has 31 heavy (non-hydrogen) atoms. The van der Waals surface area contributed by atoms with Crippen molar-refractivity contribution in [3.05, 3.63) is 105 Å². The molecule has 1 heterocycles. The van der Waals surface area contributed by atoms with E-state index in [9.17, 15) is 10.1 Å². The first-order chi connectivity index (χ1) is 15.0. The summed E-state index contributed by atoms with van der Waals surface area (Å²) >= 11 is 12.2. The van der Waals surface area contributed by atoms with Crippen molar-refractivity contribution in [2.45, 2.75) is 6.54 Å². The van der Waals surface area contributed by atoms with Gasteiger partial charge in [-0.3, -0.25) is 0 Å². The van der Waals surface area contributed by atoms with Crippen molar-refractivity contribution in [3.63, 3.8) is 0 Å². The highest BCUT2D eigenvalue weighted by Crippen LogP contribution is 2.28. The van der Waals surface area contributed by atoms with Crippen LogP contribution in [0.3, 0.4) is 0 Å². The van der Waals surface area contributed by atoms with Gasteiger partial charge in [-0.25, -0.2) is 4.79 Å². The molecule has 4 nitrogen and oxygen atoms in total. The molecule has 152 valence electrons. The normalized spacial score (nSPS) is 11.5. The van der Waals surface area contributed by atoms with Crippen LogP contribution in [0.2, 0.25) is 10.0 Å². The third kappa shape index (κ3) is 4.34. The number of nitrogens with zero attached hydrogens (tertiary/aromatic N) is 2. The first-order valence-corrected chi connectivity index (χ1v) is 10.2. The number of hydrogen-bond acceptors (Lipinski definition) is 2. The van der Waals surface area contributed by atoms with Crippen molar-refractivity contribution in [1.29, 1.82) is 5.26 Å². The molecule has 4 rings (SSSR count). The smallest absolute Gasteiger partial charge is 0.335 e. The maximum atomic E-state index is 11.1. The number of carboxylic acid groups (broad SMARTS) is 1. The second-order valence-corrected chi connectivity index (χ2v) is 7.84. The van der Waals surface area contributed by atoms with E-state index in [0.29, 0.717) is 27.7 Å². The average Bonchev–Trinajstić information content (AvgIpc) is 3.12. The summed E-state index contributed by atoms with van der Waals surface area (Å²) in [6.07, 6.45) is 3.82. The minimum atomic E-state index is -1.00. The van der Waals surface area contributed by atoms with Gasteiger partial charge in [0, 0.05) is 29.2 Å². The fourth-order valence-corrected chi connectivity index (χ4v) is 3.80. The molecule has 0 spiro atoms. The number of benzene rings is 3. The third-order valence-corrected chi connectivity index (χ3v) is 5.76. The maximum Gasteiger partial charge on any atom is 0.335 e. The fraction of sp³-hybridized carbons (Fsp3) is 0.0400. The Bertz CT molecular complexity index is 1360. The van der Waals surface area contributed by atoms with E-state index in [1.54, 1.807) is 18.2 Å². The van der Waals surface area contributed by atoms with E-state index in [1.165, 1.54) is 12.1 Å². The van der Waals surface area contributed by atoms with Gasteiger partial charge in [-0.2, -0.15) is 5.26 Å². The Morgan fingerprint density at radius 3 is 2.39 bits per heavy atom. The van der Waals surface area contributed by atoms with E-state index >= 15 is 0 Å². The lowest BCUT2D eigenvalue weighted by Crippen LogP contribution is -1.97. The molecular formula is C25H16Cl2N2O2. The van der Waals surface area contributed by atoms with Crippen LogP contribution in [0.15, 0.2) is 72.9 Å². The van der Waals surface area contributed by atoms with Crippen LogP contribution in [0.4, 0.5) is 0 Å². The highest BCUT2D eigenvalue weighted by Gasteiger charge is 2.11. The number of carbonyl (C=O) groups is 1. The molecule has 0 unspecified atom stereocenters. The molecule has 4 aromatic rings. The topological polar surface area (TPSA) is 66.0 Å². The Balaban J connectivity index is 1.76. The van der Waals surface area contributed by atoms with Crippen LogP contribution >= 0.6 is 23.2 Å². The zero-order valence-corrected chi connectivity index (χ0v) is 17.7. The molecule has 0 atom stereocenters. The van der Waals surface area contributed by atoms with Crippen molar-refractivity contribution in [1.82, 2.24) is 4.57 Å². The van der Waals surface area contributed by atoms with Crippen molar-refractivity contribution in [2.24, 2.45) is 0 Å². The molecule has 1 aromatic heterocycles. The van der Waals surface area contributed by atoms with Crippen LogP contribution in [0, 0.1) is 11.3 Å². The number of hydrogen-bond donors (Lipinski definition) is 1. The summed E-state index contributed by atoms with van der Waals surface area (Å²) in [5, 5.41) is 20.8. The predicted molar refractivity (Wildman–Crippen MR) is 124 cm³/mol. The zero-order valence-electron chi connectivity index (χ0n) is 16.2. The monoisotopic (exact) mass is 446 g/mol. The highest BCUT2D eigenvalue weighted by molar-refractivity contribution is 6.42. The van der Waals surface area contributed by atoms with Crippen LogP contribution < -0.4 is 0 Å². The van der Waals surface area contributed by atoms with Gasteiger partial charge in [-0.1, -0.05) is 59.6 Å². The third-order valence-electron chi connectivity index (χ3n) is 5.02. The van der Waals surface area contributed by atoms with Gasteiger partial charge in [0.2, 0.25) is 0 Å². The van der Waals surface area contributed by atoms with Gasteiger partial charge in [0.15, 0.2) is 0 Å². The van der Waals surface area contributed by atoms with Crippen LogP contribution in [-0.4, -0.2) is 15.6 Å². The van der Waals surface area contributed by atoms with Crippen LogP contribution in [0.1, 0.15) is 27.0 Å². The molecular weight excluding hydrogens is 431 g/mol. The van der Waals surface area contributed by atoms with Crippen LogP contribution in [0.25, 0.3) is 22.6 Å². The molecule has 6 heteroatoms. The van der Waals surface area contributed by atoms with Crippen LogP contribution in [-0.2, 0) is 6.54 Å². The number of carboxylic acids is 1. The largest absolute Gasteiger partial charge is 0.478 e. The second-order valence-electron chi connectivity index (χ2n) is 7.03. The van der Waals surface area contributed by atoms with Gasteiger partial charge in [0.1, 0.15) is 0 Å². The van der Waals surface area contributed by atoms with Crippen molar-refractivity contribution in [3.8, 4) is 6.07 Å². The van der Waals surface area contributed by atoms with E-state index < -0.39 is 5.97 Å². The highest BCUT2D eigenvalue weighted by atomic mass is 35.5. The lowest BCUT2D eigenvalue weighted by Gasteiger charge is -2.06. The maximum absolute atomic E-state index is 11.1. The quantitative estimate of drug-likeness (QED) is 0.344. The number of rotatable bonds is 5. The number of para-hydroxylation sites is 1. The summed E-state index contributed by atoms with van der Waals surface area (Å²) in [7, 11) is 0. The molecule has 0 aliphatic heterocycles. The van der Waals surface area contributed by atoms with Gasteiger partial charge in [-0.05, 0) is 47.5 Å². The van der Waals surface area contributed by atoms with Gasteiger partial charge in [0.05, 0.1) is 27.3 Å². The average molecular weight is 447 g/mol. The van der Waals surface area contributed by atoms with E-state index in [0.717, 1.165) is 22.0 Å². The molecule has 1 N–H and O–H groups in total. The summed E-state index contributed by atoms with van der Waals surface area (Å²) in [5.74, 6) is -1.00. The first-order valence-electron chi connectivity index (χ1n) is 9.43. The Kier molecular flexibility index (Phi) is 5.81. The molecule has 0 fully saturated rings. The van der Waals surface area contributed by atoms with Gasteiger partial charge >= 0.3 is 5.97 Å². The summed E-state index contributed by atoms with van der Waals surface area (Å²) in [5.41, 5.74) is 4.23. The lowest BCUT2D eigenvalue weighted by molar-refractivity contribution is 0.0697. The van der Waals surface area contributed by atoms with Crippen LogP contribution in [0.5, 0.6) is 0 Å². The molecule has 0 amide bonds. The Hall–Kier alpha value is -3.52. The number of allylic oxidation sites excluding steroid dienone is 1. The second kappa shape index (κ2) is 8.69. The van der Waals surface area contributed by atoms with E-state index in [-0.39, 0.29) is 5.56 Å². The number of halogens is 2. The van der Waals surface area contributed by atoms with E-state index in [1.807, 2.05) is 48.7 Å². The first kappa shape index (κ1) is 20.7. The summed E-state index contributed by atoms with van der Waals surface area (Å²) in [6, 6.07) is 22.0. The van der Waals surface area contributed by atoms with Gasteiger partial charge < -0.3 is 9.67 Å². The number of fused-ring (bicyclic) bond motifs is 1. The van der Waals surface area contributed by atoms with Crippen molar-refractivity contribution >= 4 is 51.7 Å². The molecule has 0 radical (unpaired) electrons. The Morgan fingerprint density at radius 2 is 1.71 bits per heavy atom. The minimum absolute atomic E-state index is 0.180. The van der Waals surface area contributed by atoms with Crippen molar-refractivity contribution < 1.29 is 9.90 Å². The molecule has 0 saturated heterocycles. The Labute approximate surface area is 189 Å². The minimum Gasteiger partial charge on any atom is -0.478 e. The lowest BCUT2D eigenvalue weighted by atomic mass is 10.0. The summed E-state index contributed by atoms with van der Waals surface area (Å²) in [6.45, 7) is 0.598. The number of nitriles is 1. The predicted octanol–water partition coefficient (Wildman–Crippen LogP) is 6.76. The Morgan fingerprint density at radius 1 is 1.00 bits per heavy atom. The molecule has 3 aromatic carbocycles. The molecule has 0 bridgehead atoms.